The first-order valence-electron chi connectivity index (χ1n) is 14.7. The smallest absolute Gasteiger partial charge is 0.189 e. The lowest BCUT2D eigenvalue weighted by atomic mass is 9.69. The predicted octanol–water partition coefficient (Wildman–Crippen LogP) is 6.47. The molecule has 2 unspecified atom stereocenters. The van der Waals surface area contributed by atoms with E-state index in [0.717, 1.165) is 73.2 Å². The van der Waals surface area contributed by atoms with Gasteiger partial charge >= 0.3 is 0 Å². The van der Waals surface area contributed by atoms with Gasteiger partial charge in [-0.25, -0.2) is 4.39 Å². The third kappa shape index (κ3) is 7.80. The van der Waals surface area contributed by atoms with Crippen molar-refractivity contribution < 1.29 is 32.8 Å². The van der Waals surface area contributed by atoms with Gasteiger partial charge in [0.05, 0.1) is 32.5 Å². The summed E-state index contributed by atoms with van der Waals surface area (Å²) in [5.41, 5.74) is 2.75. The van der Waals surface area contributed by atoms with Crippen molar-refractivity contribution in [2.24, 2.45) is 11.8 Å². The summed E-state index contributed by atoms with van der Waals surface area (Å²) >= 11 is 0. The summed E-state index contributed by atoms with van der Waals surface area (Å²) in [5, 5.41) is 0. The molecule has 2 aliphatic carbocycles. The minimum absolute atomic E-state index is 0.0832. The van der Waals surface area contributed by atoms with E-state index in [-0.39, 0.29) is 18.7 Å². The van der Waals surface area contributed by atoms with Gasteiger partial charge in [-0.3, -0.25) is 0 Å². The zero-order valence-corrected chi connectivity index (χ0v) is 22.7. The first-order valence-corrected chi connectivity index (χ1v) is 14.7. The Morgan fingerprint density at radius 3 is 1.90 bits per heavy atom. The number of halogens is 1. The molecule has 2 heterocycles. The Bertz CT molecular complexity index is 1040. The van der Waals surface area contributed by atoms with Crippen LogP contribution in [0.15, 0.2) is 42.5 Å². The molecule has 2 atom stereocenters. The number of hydrogen-bond donors (Lipinski definition) is 0. The molecule has 0 spiro atoms. The summed E-state index contributed by atoms with van der Waals surface area (Å²) < 4.78 is 48.0. The van der Waals surface area contributed by atoms with Crippen LogP contribution in [-0.4, -0.2) is 58.3 Å². The van der Waals surface area contributed by atoms with Gasteiger partial charge in [0.2, 0.25) is 0 Å². The van der Waals surface area contributed by atoms with E-state index < -0.39 is 0 Å². The number of rotatable bonds is 13. The van der Waals surface area contributed by atoms with Gasteiger partial charge in [-0.15, -0.1) is 0 Å². The van der Waals surface area contributed by atoms with Crippen molar-refractivity contribution in [1.82, 2.24) is 0 Å². The molecule has 2 aliphatic heterocycles. The summed E-state index contributed by atoms with van der Waals surface area (Å²) in [4.78, 5) is 0. The van der Waals surface area contributed by atoms with Crippen LogP contribution in [0, 0.1) is 17.7 Å². The van der Waals surface area contributed by atoms with E-state index >= 15 is 4.39 Å². The Balaban J connectivity index is 0.931. The maximum absolute atomic E-state index is 15.3. The fraction of sp³-hybridized carbons (Fsp3) is 0.625. The van der Waals surface area contributed by atoms with Crippen molar-refractivity contribution in [3.05, 3.63) is 53.8 Å². The minimum atomic E-state index is -0.0832. The lowest BCUT2D eigenvalue weighted by Crippen LogP contribution is -2.29. The monoisotopic (exact) mass is 540 g/mol. The number of ether oxygens (including phenoxy) is 6. The van der Waals surface area contributed by atoms with Crippen LogP contribution in [0.25, 0.3) is 11.1 Å². The lowest BCUT2D eigenvalue weighted by molar-refractivity contribution is -0.106. The van der Waals surface area contributed by atoms with Crippen LogP contribution in [0.3, 0.4) is 0 Å². The standard InChI is InChI=1S/C32H41FO6/c33-32-15-26(24-7-12-28(13-8-24)39-21-35-17-30-19-37-30)9-14-31(32)25-3-1-22(2-4-25)23-5-10-27(11-6-23)38-20-34-16-29-18-36-29/h7-9,12-15,22-23,25,27,29-30H,1-6,10-11,16-21H2. The van der Waals surface area contributed by atoms with E-state index in [2.05, 4.69) is 6.07 Å². The highest BCUT2D eigenvalue weighted by Crippen LogP contribution is 2.44. The number of hydrogen-bond acceptors (Lipinski definition) is 6. The van der Waals surface area contributed by atoms with Gasteiger partial charge in [0.1, 0.15) is 30.6 Å². The minimum Gasteiger partial charge on any atom is -0.468 e. The molecule has 2 saturated heterocycles. The average molecular weight is 541 g/mol. The Hall–Kier alpha value is -2.03. The molecule has 0 aromatic heterocycles. The van der Waals surface area contributed by atoms with Crippen LogP contribution in [0.5, 0.6) is 5.75 Å². The second-order valence-corrected chi connectivity index (χ2v) is 11.6. The van der Waals surface area contributed by atoms with Gasteiger partial charge in [0.15, 0.2) is 6.79 Å². The molecule has 2 aromatic carbocycles. The Morgan fingerprint density at radius 2 is 1.28 bits per heavy atom. The maximum Gasteiger partial charge on any atom is 0.189 e. The Kier molecular flexibility index (Phi) is 9.11. The highest BCUT2D eigenvalue weighted by molar-refractivity contribution is 5.64. The second kappa shape index (κ2) is 13.1. The van der Waals surface area contributed by atoms with E-state index in [1.807, 2.05) is 30.3 Å². The number of benzene rings is 2. The molecule has 6 nitrogen and oxygen atoms in total. The van der Waals surface area contributed by atoms with E-state index in [1.54, 1.807) is 6.07 Å². The van der Waals surface area contributed by atoms with Crippen LogP contribution in [0.2, 0.25) is 0 Å². The van der Waals surface area contributed by atoms with Crippen LogP contribution in [0.4, 0.5) is 4.39 Å². The summed E-state index contributed by atoms with van der Waals surface area (Å²) in [5.74, 6) is 2.52. The maximum atomic E-state index is 15.3. The normalized spacial score (nSPS) is 30.2. The topological polar surface area (TPSA) is 62.0 Å². The van der Waals surface area contributed by atoms with Crippen molar-refractivity contribution in [1.29, 1.82) is 0 Å². The van der Waals surface area contributed by atoms with E-state index in [4.69, 9.17) is 28.4 Å². The molecule has 2 saturated carbocycles. The summed E-state index contributed by atoms with van der Waals surface area (Å²) in [7, 11) is 0. The predicted molar refractivity (Wildman–Crippen MR) is 145 cm³/mol. The van der Waals surface area contributed by atoms with Gasteiger partial charge in [-0.2, -0.15) is 0 Å². The van der Waals surface area contributed by atoms with Crippen molar-refractivity contribution in [2.75, 3.05) is 40.0 Å². The molecular weight excluding hydrogens is 499 g/mol. The average Bonchev–Trinajstić information content (AvgIpc) is 3.91. The molecule has 4 fully saturated rings. The third-order valence-corrected chi connectivity index (χ3v) is 8.89. The fourth-order valence-electron chi connectivity index (χ4n) is 6.35. The summed E-state index contributed by atoms with van der Waals surface area (Å²) in [6.45, 7) is 3.40. The van der Waals surface area contributed by atoms with Gasteiger partial charge in [0.25, 0.3) is 0 Å². The van der Waals surface area contributed by atoms with Crippen molar-refractivity contribution in [2.45, 2.75) is 75.6 Å². The highest BCUT2D eigenvalue weighted by atomic mass is 19.1. The molecule has 4 aliphatic rings. The van der Waals surface area contributed by atoms with Gasteiger partial charge in [-0.1, -0.05) is 24.3 Å². The SMILES string of the molecule is Fc1cc(-c2ccc(OCOCC3CO3)cc2)ccc1C1CCC(C2CCC(OCOCC3CO3)CC2)CC1. The molecule has 0 radical (unpaired) electrons. The van der Waals surface area contributed by atoms with Crippen LogP contribution >= 0.6 is 0 Å². The van der Waals surface area contributed by atoms with Crippen molar-refractivity contribution >= 4 is 0 Å². The van der Waals surface area contributed by atoms with Crippen LogP contribution in [0.1, 0.15) is 62.8 Å². The van der Waals surface area contributed by atoms with E-state index in [0.29, 0.717) is 38.1 Å². The molecule has 2 aromatic rings. The highest BCUT2D eigenvalue weighted by Gasteiger charge is 2.32. The quantitative estimate of drug-likeness (QED) is 0.165. The summed E-state index contributed by atoms with van der Waals surface area (Å²) in [6, 6.07) is 13.5. The zero-order valence-electron chi connectivity index (χ0n) is 22.7. The third-order valence-electron chi connectivity index (χ3n) is 8.89. The van der Waals surface area contributed by atoms with Gasteiger partial charge in [-0.05, 0) is 104 Å². The van der Waals surface area contributed by atoms with E-state index in [9.17, 15) is 0 Å². The van der Waals surface area contributed by atoms with Crippen molar-refractivity contribution in [3.8, 4) is 16.9 Å². The molecule has 7 heteroatoms. The zero-order chi connectivity index (χ0) is 26.4. The molecule has 0 amide bonds. The lowest BCUT2D eigenvalue weighted by Gasteiger charge is -2.38. The number of epoxide rings is 2. The van der Waals surface area contributed by atoms with Crippen LogP contribution < -0.4 is 4.74 Å². The fourth-order valence-corrected chi connectivity index (χ4v) is 6.35. The molecular formula is C32H41FO6. The second-order valence-electron chi connectivity index (χ2n) is 11.6. The van der Waals surface area contributed by atoms with E-state index in [1.165, 1.54) is 25.7 Å². The molecule has 0 bridgehead atoms. The largest absolute Gasteiger partial charge is 0.468 e. The Labute approximate surface area is 231 Å². The molecule has 0 N–H and O–H groups in total. The van der Waals surface area contributed by atoms with Gasteiger partial charge < -0.3 is 28.4 Å². The molecule has 212 valence electrons. The summed E-state index contributed by atoms with van der Waals surface area (Å²) in [6.07, 6.45) is 10.1. The van der Waals surface area contributed by atoms with Crippen molar-refractivity contribution in [3.63, 3.8) is 0 Å². The van der Waals surface area contributed by atoms with Crippen LogP contribution in [-0.2, 0) is 23.7 Å². The first kappa shape index (κ1) is 27.2. The first-order chi connectivity index (χ1) is 19.2. The molecule has 6 rings (SSSR count). The molecule has 39 heavy (non-hydrogen) atoms. The Morgan fingerprint density at radius 1 is 0.692 bits per heavy atom. The van der Waals surface area contributed by atoms with Gasteiger partial charge in [0, 0.05) is 0 Å².